The van der Waals surface area contributed by atoms with E-state index in [-0.39, 0.29) is 12.5 Å². The van der Waals surface area contributed by atoms with Crippen molar-refractivity contribution in [2.75, 3.05) is 11.9 Å². The summed E-state index contributed by atoms with van der Waals surface area (Å²) in [4.78, 5) is 24.9. The monoisotopic (exact) mass is 389 g/mol. The van der Waals surface area contributed by atoms with Gasteiger partial charge < -0.3 is 10.1 Å². The molecule has 0 aliphatic heterocycles. The Hall–Kier alpha value is -3.94. The van der Waals surface area contributed by atoms with Crippen molar-refractivity contribution >= 4 is 23.1 Å². The third kappa shape index (κ3) is 3.47. The number of benzene rings is 1. The quantitative estimate of drug-likeness (QED) is 0.529. The zero-order valence-electron chi connectivity index (χ0n) is 16.0. The van der Waals surface area contributed by atoms with Crippen molar-refractivity contribution in [2.45, 2.75) is 13.8 Å². The summed E-state index contributed by atoms with van der Waals surface area (Å²) in [7, 11) is 0. The fraction of sp³-hybridized carbons (Fsp3) is 0.143. The molecule has 0 fully saturated rings. The minimum atomic E-state index is -0.453. The van der Waals surface area contributed by atoms with Crippen LogP contribution >= 0.6 is 0 Å². The van der Waals surface area contributed by atoms with Crippen molar-refractivity contribution in [3.05, 3.63) is 77.9 Å². The lowest BCUT2D eigenvalue weighted by Gasteiger charge is -2.07. The van der Waals surface area contributed by atoms with Crippen LogP contribution in [0.25, 0.3) is 11.2 Å². The average Bonchev–Trinajstić information content (AvgIpc) is 3.32. The van der Waals surface area contributed by atoms with Crippen LogP contribution in [0.5, 0.6) is 0 Å². The number of carbonyl (C=O) groups is 2. The van der Waals surface area contributed by atoms with E-state index in [4.69, 9.17) is 4.74 Å². The Balaban J connectivity index is 1.60. The normalized spacial score (nSPS) is 10.8. The molecule has 1 amide bonds. The molecule has 4 rings (SSSR count). The summed E-state index contributed by atoms with van der Waals surface area (Å²) in [5.41, 5.74) is 3.51. The van der Waals surface area contributed by atoms with Crippen LogP contribution < -0.4 is 5.32 Å². The van der Waals surface area contributed by atoms with Gasteiger partial charge in [0, 0.05) is 11.9 Å². The molecule has 8 nitrogen and oxygen atoms in total. The number of hydrogen-bond donors (Lipinski definition) is 1. The first kappa shape index (κ1) is 18.4. The lowest BCUT2D eigenvalue weighted by Crippen LogP contribution is -2.13. The topological polar surface area (TPSA) is 90.5 Å². The third-order valence-corrected chi connectivity index (χ3v) is 4.53. The molecule has 1 aromatic carbocycles. The number of pyridine rings is 1. The molecule has 3 heterocycles. The summed E-state index contributed by atoms with van der Waals surface area (Å²) < 4.78 is 8.33. The summed E-state index contributed by atoms with van der Waals surface area (Å²) in [5, 5.41) is 11.3. The van der Waals surface area contributed by atoms with Gasteiger partial charge in [-0.25, -0.2) is 14.0 Å². The second kappa shape index (κ2) is 7.59. The summed E-state index contributed by atoms with van der Waals surface area (Å²) in [6.45, 7) is 3.86. The van der Waals surface area contributed by atoms with E-state index in [0.29, 0.717) is 22.3 Å². The van der Waals surface area contributed by atoms with Crippen molar-refractivity contribution in [1.29, 1.82) is 0 Å². The molecule has 0 saturated carbocycles. The molecule has 1 N–H and O–H groups in total. The highest BCUT2D eigenvalue weighted by Crippen LogP contribution is 2.19. The lowest BCUT2D eigenvalue weighted by atomic mass is 10.2. The molecular formula is C21H19N5O3. The minimum Gasteiger partial charge on any atom is -0.462 e. The number of nitrogens with one attached hydrogen (secondary N) is 1. The molecule has 3 aromatic heterocycles. The zero-order chi connectivity index (χ0) is 20.4. The SMILES string of the molecule is CCOC(=O)c1cnn2ccc(NC(=O)c3cnn(-c4ccccc4)c3C)cc12. The van der Waals surface area contributed by atoms with Gasteiger partial charge >= 0.3 is 5.97 Å². The number of carbonyl (C=O) groups excluding carboxylic acids is 2. The molecule has 0 saturated heterocycles. The van der Waals surface area contributed by atoms with Crippen LogP contribution in [0.4, 0.5) is 5.69 Å². The highest BCUT2D eigenvalue weighted by Gasteiger charge is 2.17. The van der Waals surface area contributed by atoms with Crippen LogP contribution in [0.1, 0.15) is 33.3 Å². The maximum atomic E-state index is 12.8. The molecule has 29 heavy (non-hydrogen) atoms. The highest BCUT2D eigenvalue weighted by molar-refractivity contribution is 6.05. The molecule has 146 valence electrons. The maximum Gasteiger partial charge on any atom is 0.341 e. The Labute approximate surface area is 166 Å². The van der Waals surface area contributed by atoms with E-state index in [2.05, 4.69) is 15.5 Å². The van der Waals surface area contributed by atoms with E-state index in [1.54, 1.807) is 40.6 Å². The summed E-state index contributed by atoms with van der Waals surface area (Å²) in [6.07, 6.45) is 4.67. The predicted molar refractivity (Wildman–Crippen MR) is 107 cm³/mol. The van der Waals surface area contributed by atoms with E-state index in [1.165, 1.54) is 6.20 Å². The number of rotatable bonds is 5. The van der Waals surface area contributed by atoms with Gasteiger partial charge in [-0.2, -0.15) is 10.2 Å². The number of nitrogens with zero attached hydrogens (tertiary/aromatic N) is 4. The summed E-state index contributed by atoms with van der Waals surface area (Å²) in [5.74, 6) is -0.739. The van der Waals surface area contributed by atoms with Gasteiger partial charge in [0.1, 0.15) is 5.56 Å². The van der Waals surface area contributed by atoms with Gasteiger partial charge in [0.25, 0.3) is 5.91 Å². The van der Waals surface area contributed by atoms with Gasteiger partial charge in [-0.15, -0.1) is 0 Å². The van der Waals surface area contributed by atoms with E-state index in [9.17, 15) is 9.59 Å². The average molecular weight is 389 g/mol. The summed E-state index contributed by atoms with van der Waals surface area (Å²) >= 11 is 0. The molecule has 8 heteroatoms. The molecule has 0 aliphatic rings. The number of para-hydroxylation sites is 1. The van der Waals surface area contributed by atoms with Crippen LogP contribution in [0.3, 0.4) is 0 Å². The van der Waals surface area contributed by atoms with Crippen LogP contribution in [0.2, 0.25) is 0 Å². The van der Waals surface area contributed by atoms with E-state index in [0.717, 1.165) is 11.4 Å². The van der Waals surface area contributed by atoms with E-state index < -0.39 is 5.97 Å². The first-order valence-electron chi connectivity index (χ1n) is 9.14. The number of amides is 1. The van der Waals surface area contributed by atoms with Crippen LogP contribution in [-0.4, -0.2) is 37.9 Å². The van der Waals surface area contributed by atoms with Crippen molar-refractivity contribution in [2.24, 2.45) is 0 Å². The summed E-state index contributed by atoms with van der Waals surface area (Å²) in [6, 6.07) is 13.0. The van der Waals surface area contributed by atoms with Gasteiger partial charge in [0.2, 0.25) is 0 Å². The number of ether oxygens (including phenoxy) is 1. The van der Waals surface area contributed by atoms with Gasteiger partial charge in [0.15, 0.2) is 0 Å². The fourth-order valence-corrected chi connectivity index (χ4v) is 3.08. The number of aromatic nitrogens is 4. The number of anilines is 1. The second-order valence-corrected chi connectivity index (χ2v) is 6.37. The molecule has 0 radical (unpaired) electrons. The van der Waals surface area contributed by atoms with Crippen molar-refractivity contribution in [3.63, 3.8) is 0 Å². The van der Waals surface area contributed by atoms with E-state index in [1.807, 2.05) is 37.3 Å². The Morgan fingerprint density at radius 3 is 2.59 bits per heavy atom. The van der Waals surface area contributed by atoms with Crippen LogP contribution in [-0.2, 0) is 4.74 Å². The third-order valence-electron chi connectivity index (χ3n) is 4.53. The first-order chi connectivity index (χ1) is 14.1. The Morgan fingerprint density at radius 2 is 1.83 bits per heavy atom. The second-order valence-electron chi connectivity index (χ2n) is 6.37. The molecular weight excluding hydrogens is 370 g/mol. The van der Waals surface area contributed by atoms with Gasteiger partial charge in [-0.05, 0) is 38.1 Å². The maximum absolute atomic E-state index is 12.8. The largest absolute Gasteiger partial charge is 0.462 e. The minimum absolute atomic E-state index is 0.275. The van der Waals surface area contributed by atoms with Gasteiger partial charge in [-0.3, -0.25) is 4.79 Å². The van der Waals surface area contributed by atoms with Gasteiger partial charge in [0.05, 0.1) is 41.5 Å². The first-order valence-corrected chi connectivity index (χ1v) is 9.14. The predicted octanol–water partition coefficient (Wildman–Crippen LogP) is 3.26. The molecule has 0 aliphatic carbocycles. The zero-order valence-corrected chi connectivity index (χ0v) is 16.0. The lowest BCUT2D eigenvalue weighted by molar-refractivity contribution is 0.0528. The highest BCUT2D eigenvalue weighted by atomic mass is 16.5. The van der Waals surface area contributed by atoms with Crippen molar-refractivity contribution < 1.29 is 14.3 Å². The fourth-order valence-electron chi connectivity index (χ4n) is 3.08. The van der Waals surface area contributed by atoms with Gasteiger partial charge in [-0.1, -0.05) is 18.2 Å². The smallest absolute Gasteiger partial charge is 0.341 e. The number of hydrogen-bond acceptors (Lipinski definition) is 5. The Morgan fingerprint density at radius 1 is 1.07 bits per heavy atom. The molecule has 4 aromatic rings. The standard InChI is InChI=1S/C21H19N5O3/c1-3-29-21(28)18-13-22-25-10-9-15(11-19(18)25)24-20(27)17-12-23-26(14(17)2)16-7-5-4-6-8-16/h4-13H,3H2,1-2H3,(H,24,27). The molecule has 0 bridgehead atoms. The van der Waals surface area contributed by atoms with E-state index >= 15 is 0 Å². The van der Waals surface area contributed by atoms with Crippen molar-refractivity contribution in [3.8, 4) is 5.69 Å². The Bertz CT molecular complexity index is 1190. The number of esters is 1. The molecule has 0 spiro atoms. The van der Waals surface area contributed by atoms with Crippen molar-refractivity contribution in [1.82, 2.24) is 19.4 Å². The van der Waals surface area contributed by atoms with Crippen LogP contribution in [0.15, 0.2) is 61.1 Å². The molecule has 0 atom stereocenters. The Kier molecular flexibility index (Phi) is 4.82. The van der Waals surface area contributed by atoms with Crippen LogP contribution in [0, 0.1) is 6.92 Å². The molecule has 0 unspecified atom stereocenters. The number of fused-ring (bicyclic) bond motifs is 1.